The van der Waals surface area contributed by atoms with Gasteiger partial charge in [-0.2, -0.15) is 10.1 Å². The van der Waals surface area contributed by atoms with Gasteiger partial charge in [-0.1, -0.05) is 18.2 Å². The first-order valence-corrected chi connectivity index (χ1v) is 10.8. The number of nitrogens with zero attached hydrogens (tertiary/aromatic N) is 4. The molecule has 0 unspecified atom stereocenters. The van der Waals surface area contributed by atoms with Crippen molar-refractivity contribution < 1.29 is 8.78 Å². The highest BCUT2D eigenvalue weighted by Gasteiger charge is 2.13. The molecule has 2 aromatic heterocycles. The van der Waals surface area contributed by atoms with Crippen LogP contribution in [0.3, 0.4) is 0 Å². The van der Waals surface area contributed by atoms with Gasteiger partial charge in [0.1, 0.15) is 5.82 Å². The van der Waals surface area contributed by atoms with Gasteiger partial charge in [0.15, 0.2) is 11.6 Å². The molecule has 8 heteroatoms. The zero-order valence-electron chi connectivity index (χ0n) is 18.9. The highest BCUT2D eigenvalue weighted by molar-refractivity contribution is 5.56. The Kier molecular flexibility index (Phi) is 6.74. The van der Waals surface area contributed by atoms with Crippen molar-refractivity contribution in [3.8, 4) is 5.82 Å². The fourth-order valence-electron chi connectivity index (χ4n) is 3.64. The third-order valence-electron chi connectivity index (χ3n) is 5.24. The number of anilines is 2. The zero-order valence-corrected chi connectivity index (χ0v) is 18.9. The summed E-state index contributed by atoms with van der Waals surface area (Å²) in [6, 6.07) is 12.5. The Morgan fingerprint density at radius 2 is 1.70 bits per heavy atom. The predicted octanol–water partition coefficient (Wildman–Crippen LogP) is 4.94. The van der Waals surface area contributed by atoms with Crippen molar-refractivity contribution in [2.45, 2.75) is 33.7 Å². The quantitative estimate of drug-likeness (QED) is 0.374. The van der Waals surface area contributed by atoms with Crippen LogP contribution in [-0.4, -0.2) is 26.3 Å². The molecule has 0 saturated heterocycles. The van der Waals surface area contributed by atoms with Crippen LogP contribution in [0.15, 0.2) is 54.9 Å². The van der Waals surface area contributed by atoms with Gasteiger partial charge in [-0.15, -0.1) is 0 Å². The second-order valence-corrected chi connectivity index (χ2v) is 8.10. The molecule has 0 aliphatic rings. The monoisotopic (exact) mass is 448 g/mol. The highest BCUT2D eigenvalue weighted by atomic mass is 19.1. The fourth-order valence-corrected chi connectivity index (χ4v) is 3.64. The lowest BCUT2D eigenvalue weighted by Gasteiger charge is -2.09. The summed E-state index contributed by atoms with van der Waals surface area (Å²) in [5.41, 5.74) is 5.84. The minimum Gasteiger partial charge on any atom is -0.324 e. The summed E-state index contributed by atoms with van der Waals surface area (Å²) >= 11 is 0. The SMILES string of the molecule is Cc1cc(C)cc(Nc2ncc(F)c(-n3cc(CNCCc4ccc(F)cc4)c(C)n3)n2)c1. The van der Waals surface area contributed by atoms with Gasteiger partial charge in [-0.25, -0.2) is 18.4 Å². The van der Waals surface area contributed by atoms with Gasteiger partial charge in [-0.05, 0) is 74.7 Å². The van der Waals surface area contributed by atoms with Crippen molar-refractivity contribution in [1.29, 1.82) is 0 Å². The van der Waals surface area contributed by atoms with E-state index in [0.29, 0.717) is 12.5 Å². The molecule has 0 bridgehead atoms. The largest absolute Gasteiger partial charge is 0.324 e. The molecular formula is C25H26F2N6. The molecule has 2 heterocycles. The van der Waals surface area contributed by atoms with Gasteiger partial charge < -0.3 is 10.6 Å². The average Bonchev–Trinajstić information content (AvgIpc) is 3.13. The van der Waals surface area contributed by atoms with E-state index >= 15 is 0 Å². The summed E-state index contributed by atoms with van der Waals surface area (Å²) in [6.07, 6.45) is 3.69. The molecule has 2 aromatic carbocycles. The van der Waals surface area contributed by atoms with E-state index in [9.17, 15) is 8.78 Å². The van der Waals surface area contributed by atoms with Crippen LogP contribution >= 0.6 is 0 Å². The molecule has 6 nitrogen and oxygen atoms in total. The Hall–Kier alpha value is -3.65. The smallest absolute Gasteiger partial charge is 0.229 e. The van der Waals surface area contributed by atoms with E-state index in [2.05, 4.69) is 31.8 Å². The molecule has 0 amide bonds. The van der Waals surface area contributed by atoms with Crippen LogP contribution < -0.4 is 10.6 Å². The highest BCUT2D eigenvalue weighted by Crippen LogP contribution is 2.19. The third-order valence-corrected chi connectivity index (χ3v) is 5.24. The van der Waals surface area contributed by atoms with Crippen molar-refractivity contribution in [3.63, 3.8) is 0 Å². The molecule has 0 spiro atoms. The minimum absolute atomic E-state index is 0.0811. The van der Waals surface area contributed by atoms with E-state index in [1.165, 1.54) is 16.8 Å². The van der Waals surface area contributed by atoms with Crippen molar-refractivity contribution in [2.75, 3.05) is 11.9 Å². The number of benzene rings is 2. The fraction of sp³-hybridized carbons (Fsp3) is 0.240. The number of aromatic nitrogens is 4. The minimum atomic E-state index is -0.556. The lowest BCUT2D eigenvalue weighted by atomic mass is 10.1. The summed E-state index contributed by atoms with van der Waals surface area (Å²) in [5, 5.41) is 10.9. The molecule has 0 atom stereocenters. The standard InChI is InChI=1S/C25H26F2N6/c1-16-10-17(2)12-22(11-16)30-25-29-14-23(27)24(31-25)33-15-20(18(3)32-33)13-28-9-8-19-4-6-21(26)7-5-19/h4-7,10-12,14-15,28H,8-9,13H2,1-3H3,(H,29,30,31). The van der Waals surface area contributed by atoms with Crippen molar-refractivity contribution >= 4 is 11.6 Å². The summed E-state index contributed by atoms with van der Waals surface area (Å²) < 4.78 is 29.0. The van der Waals surface area contributed by atoms with Crippen molar-refractivity contribution in [1.82, 2.24) is 25.1 Å². The molecule has 0 radical (unpaired) electrons. The topological polar surface area (TPSA) is 67.7 Å². The Labute approximate surface area is 191 Å². The number of nitrogens with one attached hydrogen (secondary N) is 2. The first-order chi connectivity index (χ1) is 15.9. The molecule has 2 N–H and O–H groups in total. The van der Waals surface area contributed by atoms with Crippen molar-refractivity contribution in [3.05, 3.63) is 94.4 Å². The van der Waals surface area contributed by atoms with Crippen LogP contribution in [0.25, 0.3) is 5.82 Å². The van der Waals surface area contributed by atoms with Crippen LogP contribution in [0.2, 0.25) is 0 Å². The number of hydrogen-bond acceptors (Lipinski definition) is 5. The maximum atomic E-state index is 14.5. The van der Waals surface area contributed by atoms with Crippen LogP contribution in [-0.2, 0) is 13.0 Å². The van der Waals surface area contributed by atoms with Gasteiger partial charge in [0.05, 0.1) is 11.9 Å². The molecule has 0 aliphatic heterocycles. The van der Waals surface area contributed by atoms with Crippen LogP contribution in [0.4, 0.5) is 20.4 Å². The summed E-state index contributed by atoms with van der Waals surface area (Å²) in [7, 11) is 0. The van der Waals surface area contributed by atoms with Crippen LogP contribution in [0, 0.1) is 32.4 Å². The van der Waals surface area contributed by atoms with Crippen LogP contribution in [0.5, 0.6) is 0 Å². The molecule has 4 rings (SSSR count). The van der Waals surface area contributed by atoms with Gasteiger partial charge in [-0.3, -0.25) is 0 Å². The molecular weight excluding hydrogens is 422 g/mol. The summed E-state index contributed by atoms with van der Waals surface area (Å²) in [4.78, 5) is 8.42. The average molecular weight is 449 g/mol. The third kappa shape index (κ3) is 5.78. The zero-order chi connectivity index (χ0) is 23.4. The Morgan fingerprint density at radius 1 is 0.970 bits per heavy atom. The van der Waals surface area contributed by atoms with Gasteiger partial charge in [0, 0.05) is 24.0 Å². The number of halogens is 2. The number of aryl methyl sites for hydroxylation is 3. The number of rotatable bonds is 8. The van der Waals surface area contributed by atoms with E-state index in [0.717, 1.165) is 52.8 Å². The molecule has 4 aromatic rings. The van der Waals surface area contributed by atoms with Gasteiger partial charge >= 0.3 is 0 Å². The Balaban J connectivity index is 1.43. The summed E-state index contributed by atoms with van der Waals surface area (Å²) in [5.74, 6) is -0.417. The van der Waals surface area contributed by atoms with Crippen LogP contribution in [0.1, 0.15) is 27.9 Å². The van der Waals surface area contributed by atoms with E-state index in [1.54, 1.807) is 18.3 Å². The van der Waals surface area contributed by atoms with E-state index < -0.39 is 5.82 Å². The van der Waals surface area contributed by atoms with Gasteiger partial charge in [0.25, 0.3) is 0 Å². The predicted molar refractivity (Wildman–Crippen MR) is 125 cm³/mol. The normalized spacial score (nSPS) is 11.1. The Morgan fingerprint density at radius 3 is 2.42 bits per heavy atom. The molecule has 0 fully saturated rings. The Bertz CT molecular complexity index is 1230. The molecule has 33 heavy (non-hydrogen) atoms. The molecule has 0 saturated carbocycles. The molecule has 170 valence electrons. The lowest BCUT2D eigenvalue weighted by molar-refractivity contribution is 0.593. The second-order valence-electron chi connectivity index (χ2n) is 8.10. The first kappa shape index (κ1) is 22.5. The van der Waals surface area contributed by atoms with Gasteiger partial charge in [0.2, 0.25) is 5.95 Å². The maximum absolute atomic E-state index is 14.5. The van der Waals surface area contributed by atoms with E-state index in [1.807, 2.05) is 32.9 Å². The number of hydrogen-bond donors (Lipinski definition) is 2. The molecule has 0 aliphatic carbocycles. The second kappa shape index (κ2) is 9.87. The van der Waals surface area contributed by atoms with E-state index in [4.69, 9.17) is 0 Å². The van der Waals surface area contributed by atoms with Crippen molar-refractivity contribution in [2.24, 2.45) is 0 Å². The van der Waals surface area contributed by atoms with E-state index in [-0.39, 0.29) is 11.6 Å². The summed E-state index contributed by atoms with van der Waals surface area (Å²) in [6.45, 7) is 7.20. The first-order valence-electron chi connectivity index (χ1n) is 10.8. The maximum Gasteiger partial charge on any atom is 0.229 e. The lowest BCUT2D eigenvalue weighted by Crippen LogP contribution is -2.16.